The highest BCUT2D eigenvalue weighted by atomic mass is 16.6. The van der Waals surface area contributed by atoms with Crippen molar-refractivity contribution in [2.45, 2.75) is 26.0 Å². The summed E-state index contributed by atoms with van der Waals surface area (Å²) in [7, 11) is 0. The number of amides is 1. The Morgan fingerprint density at radius 3 is 2.80 bits per heavy atom. The molecule has 0 radical (unpaired) electrons. The van der Waals surface area contributed by atoms with Crippen LogP contribution in [0.5, 0.6) is 0 Å². The molecule has 1 amide bonds. The highest BCUT2D eigenvalue weighted by Crippen LogP contribution is 2.31. The van der Waals surface area contributed by atoms with E-state index < -0.39 is 10.5 Å². The van der Waals surface area contributed by atoms with Crippen molar-refractivity contribution < 1.29 is 14.8 Å². The number of hydrogen-bond acceptors (Lipinski definition) is 5. The first-order chi connectivity index (χ1) is 9.37. The topological polar surface area (TPSA) is 95.7 Å². The number of benzene rings is 1. The van der Waals surface area contributed by atoms with Gasteiger partial charge in [0, 0.05) is 36.5 Å². The summed E-state index contributed by atoms with van der Waals surface area (Å²) in [6, 6.07) is 4.32. The van der Waals surface area contributed by atoms with Crippen LogP contribution < -0.4 is 10.2 Å². The predicted molar refractivity (Wildman–Crippen MR) is 73.5 cm³/mol. The van der Waals surface area contributed by atoms with Crippen molar-refractivity contribution in [3.05, 3.63) is 33.9 Å². The van der Waals surface area contributed by atoms with Crippen molar-refractivity contribution in [1.29, 1.82) is 0 Å². The molecule has 1 fully saturated rings. The Kier molecular flexibility index (Phi) is 3.63. The zero-order chi connectivity index (χ0) is 14.9. The minimum absolute atomic E-state index is 0.0722. The van der Waals surface area contributed by atoms with E-state index in [-0.39, 0.29) is 18.2 Å². The largest absolute Gasteiger partial charge is 0.392 e. The molecule has 0 saturated carbocycles. The molecular weight excluding hydrogens is 262 g/mol. The number of rotatable bonds is 3. The van der Waals surface area contributed by atoms with Crippen LogP contribution in [0.1, 0.15) is 19.4 Å². The third kappa shape index (κ3) is 2.32. The Balaban J connectivity index is 2.46. The van der Waals surface area contributed by atoms with Crippen molar-refractivity contribution in [1.82, 2.24) is 5.32 Å². The van der Waals surface area contributed by atoms with Gasteiger partial charge in [0.25, 0.3) is 5.69 Å². The number of nitrogens with zero attached hydrogens (tertiary/aromatic N) is 2. The van der Waals surface area contributed by atoms with Crippen LogP contribution in [0.25, 0.3) is 0 Å². The lowest BCUT2D eigenvalue weighted by Gasteiger charge is -2.43. The number of nitro groups is 1. The maximum absolute atomic E-state index is 12.0. The van der Waals surface area contributed by atoms with E-state index >= 15 is 0 Å². The molecular formula is C13H17N3O4. The van der Waals surface area contributed by atoms with Crippen LogP contribution in [-0.2, 0) is 11.4 Å². The summed E-state index contributed by atoms with van der Waals surface area (Å²) in [4.78, 5) is 24.1. The minimum Gasteiger partial charge on any atom is -0.392 e. The van der Waals surface area contributed by atoms with Crippen molar-refractivity contribution in [2.24, 2.45) is 0 Å². The number of anilines is 1. The van der Waals surface area contributed by atoms with Gasteiger partial charge < -0.3 is 15.3 Å². The van der Waals surface area contributed by atoms with Crippen molar-refractivity contribution in [2.75, 3.05) is 18.0 Å². The Hall–Kier alpha value is -2.15. The molecule has 0 spiro atoms. The first-order valence-corrected chi connectivity index (χ1v) is 6.32. The highest BCUT2D eigenvalue weighted by molar-refractivity contribution is 5.90. The Bertz CT molecular complexity index is 557. The van der Waals surface area contributed by atoms with Crippen LogP contribution >= 0.6 is 0 Å². The van der Waals surface area contributed by atoms with Crippen molar-refractivity contribution in [3.63, 3.8) is 0 Å². The molecule has 1 aromatic rings. The maximum Gasteiger partial charge on any atom is 0.269 e. The monoisotopic (exact) mass is 279 g/mol. The Labute approximate surface area is 116 Å². The van der Waals surface area contributed by atoms with Crippen LogP contribution in [0.15, 0.2) is 18.2 Å². The second-order valence-corrected chi connectivity index (χ2v) is 5.19. The molecule has 7 heteroatoms. The number of nitro benzene ring substituents is 1. The third-order valence-corrected chi connectivity index (χ3v) is 3.59. The molecule has 1 aliphatic rings. The fraction of sp³-hybridized carbons (Fsp3) is 0.462. The number of carbonyl (C=O) groups excluding carboxylic acids is 1. The van der Waals surface area contributed by atoms with E-state index in [0.29, 0.717) is 24.3 Å². The molecule has 0 bridgehead atoms. The second-order valence-electron chi connectivity index (χ2n) is 5.19. The molecule has 1 aliphatic heterocycles. The van der Waals surface area contributed by atoms with Crippen LogP contribution in [0.4, 0.5) is 11.4 Å². The lowest BCUT2D eigenvalue weighted by Crippen LogP contribution is -2.62. The molecule has 0 aromatic heterocycles. The van der Waals surface area contributed by atoms with Crippen LogP contribution in [0.3, 0.4) is 0 Å². The molecule has 1 aromatic carbocycles. The van der Waals surface area contributed by atoms with E-state index in [1.54, 1.807) is 19.9 Å². The van der Waals surface area contributed by atoms with Gasteiger partial charge in [0.1, 0.15) is 5.54 Å². The third-order valence-electron chi connectivity index (χ3n) is 3.59. The van der Waals surface area contributed by atoms with Crippen LogP contribution in [-0.4, -0.2) is 34.6 Å². The number of hydrogen-bond donors (Lipinski definition) is 2. The quantitative estimate of drug-likeness (QED) is 0.630. The van der Waals surface area contributed by atoms with E-state index in [1.807, 2.05) is 4.90 Å². The fourth-order valence-electron chi connectivity index (χ4n) is 2.40. The van der Waals surface area contributed by atoms with Gasteiger partial charge in [-0.2, -0.15) is 0 Å². The van der Waals surface area contributed by atoms with Gasteiger partial charge in [-0.3, -0.25) is 14.9 Å². The fourth-order valence-corrected chi connectivity index (χ4v) is 2.40. The van der Waals surface area contributed by atoms with Gasteiger partial charge in [0.15, 0.2) is 0 Å². The molecule has 1 saturated heterocycles. The summed E-state index contributed by atoms with van der Waals surface area (Å²) in [6.07, 6.45) is 0. The van der Waals surface area contributed by atoms with Gasteiger partial charge in [0.2, 0.25) is 5.91 Å². The predicted octanol–water partition coefficient (Wildman–Crippen LogP) is 0.802. The molecule has 108 valence electrons. The van der Waals surface area contributed by atoms with Crippen molar-refractivity contribution >= 4 is 17.3 Å². The summed E-state index contributed by atoms with van der Waals surface area (Å²) in [5.41, 5.74) is 0.259. The van der Waals surface area contributed by atoms with Gasteiger partial charge >= 0.3 is 0 Å². The molecule has 2 rings (SSSR count). The average Bonchev–Trinajstić information content (AvgIpc) is 2.41. The van der Waals surface area contributed by atoms with Gasteiger partial charge in [-0.05, 0) is 19.9 Å². The molecule has 2 N–H and O–H groups in total. The Morgan fingerprint density at radius 2 is 2.20 bits per heavy atom. The first kappa shape index (κ1) is 14.3. The molecule has 0 unspecified atom stereocenters. The highest BCUT2D eigenvalue weighted by Gasteiger charge is 2.38. The van der Waals surface area contributed by atoms with E-state index in [2.05, 4.69) is 5.32 Å². The molecule has 0 atom stereocenters. The lowest BCUT2D eigenvalue weighted by molar-refractivity contribution is -0.384. The van der Waals surface area contributed by atoms with Crippen LogP contribution in [0.2, 0.25) is 0 Å². The summed E-state index contributed by atoms with van der Waals surface area (Å²) in [6.45, 7) is 4.34. The summed E-state index contributed by atoms with van der Waals surface area (Å²) < 4.78 is 0. The van der Waals surface area contributed by atoms with E-state index in [4.69, 9.17) is 0 Å². The smallest absolute Gasteiger partial charge is 0.269 e. The number of non-ortho nitro benzene ring substituents is 1. The summed E-state index contributed by atoms with van der Waals surface area (Å²) in [5.74, 6) is -0.106. The summed E-state index contributed by atoms with van der Waals surface area (Å²) >= 11 is 0. The van der Waals surface area contributed by atoms with Gasteiger partial charge in [-0.1, -0.05) is 0 Å². The lowest BCUT2D eigenvalue weighted by atomic mass is 9.96. The SMILES string of the molecule is CC1(C)C(=O)NCCN1c1ccc([N+](=O)[O-])cc1CO. The number of carbonyl (C=O) groups is 1. The van der Waals surface area contributed by atoms with Gasteiger partial charge in [-0.15, -0.1) is 0 Å². The summed E-state index contributed by atoms with van der Waals surface area (Å²) in [5, 5.41) is 23.0. The normalized spacial score (nSPS) is 17.8. The van der Waals surface area contributed by atoms with Crippen LogP contribution in [0, 0.1) is 10.1 Å². The maximum atomic E-state index is 12.0. The average molecular weight is 279 g/mol. The Morgan fingerprint density at radius 1 is 1.50 bits per heavy atom. The second kappa shape index (κ2) is 5.09. The van der Waals surface area contributed by atoms with E-state index in [1.165, 1.54) is 12.1 Å². The zero-order valence-corrected chi connectivity index (χ0v) is 11.4. The number of nitrogens with one attached hydrogen (secondary N) is 1. The first-order valence-electron chi connectivity index (χ1n) is 6.32. The van der Waals surface area contributed by atoms with Crippen molar-refractivity contribution in [3.8, 4) is 0 Å². The minimum atomic E-state index is -0.766. The molecule has 7 nitrogen and oxygen atoms in total. The van der Waals surface area contributed by atoms with E-state index in [0.717, 1.165) is 0 Å². The van der Waals surface area contributed by atoms with Gasteiger partial charge in [0.05, 0.1) is 11.5 Å². The molecule has 0 aliphatic carbocycles. The van der Waals surface area contributed by atoms with Gasteiger partial charge in [-0.25, -0.2) is 0 Å². The zero-order valence-electron chi connectivity index (χ0n) is 11.4. The standard InChI is InChI=1S/C13H17N3O4/c1-13(2)12(18)14-5-6-15(13)11-4-3-10(16(19)20)7-9(11)8-17/h3-4,7,17H,5-6,8H2,1-2H3,(H,14,18). The van der Waals surface area contributed by atoms with E-state index in [9.17, 15) is 20.0 Å². The number of aliphatic hydroxyl groups excluding tert-OH is 1. The number of aliphatic hydroxyl groups is 1. The molecule has 1 heterocycles. The number of piperazine rings is 1. The molecule has 20 heavy (non-hydrogen) atoms.